The lowest BCUT2D eigenvalue weighted by atomic mass is 9.85. The first-order chi connectivity index (χ1) is 14.0. The van der Waals surface area contributed by atoms with Gasteiger partial charge in [-0.2, -0.15) is 5.10 Å². The van der Waals surface area contributed by atoms with Crippen LogP contribution in [0, 0.1) is 5.92 Å². The number of rotatable bonds is 5. The topological polar surface area (TPSA) is 61.7 Å². The van der Waals surface area contributed by atoms with Crippen molar-refractivity contribution in [3.05, 3.63) is 99.5 Å². The molecular weight excluding hydrogens is 407 g/mol. The first-order valence-electron chi connectivity index (χ1n) is 9.13. The molecule has 0 radical (unpaired) electrons. The largest absolute Gasteiger partial charge is 0.508 e. The molecule has 1 saturated carbocycles. The zero-order valence-electron chi connectivity index (χ0n) is 15.3. The Morgan fingerprint density at radius 1 is 0.931 bits per heavy atom. The van der Waals surface area contributed by atoms with Crippen molar-refractivity contribution in [2.75, 3.05) is 0 Å². The summed E-state index contributed by atoms with van der Waals surface area (Å²) in [5.74, 6) is -0.216. The van der Waals surface area contributed by atoms with Crippen molar-refractivity contribution in [2.45, 2.75) is 11.8 Å². The highest BCUT2D eigenvalue weighted by molar-refractivity contribution is 6.30. The molecule has 0 aliphatic heterocycles. The summed E-state index contributed by atoms with van der Waals surface area (Å²) in [5, 5.41) is 14.7. The molecule has 1 amide bonds. The number of amides is 1. The van der Waals surface area contributed by atoms with E-state index in [1.165, 1.54) is 0 Å². The number of hydrogen-bond acceptors (Lipinski definition) is 3. The fourth-order valence-electron chi connectivity index (χ4n) is 3.69. The van der Waals surface area contributed by atoms with Gasteiger partial charge >= 0.3 is 0 Å². The second kappa shape index (κ2) is 7.90. The first-order valence-corrected chi connectivity index (χ1v) is 9.89. The van der Waals surface area contributed by atoms with Crippen LogP contribution in [0.3, 0.4) is 0 Å². The molecule has 0 bridgehead atoms. The minimum atomic E-state index is -0.423. The molecule has 146 valence electrons. The Morgan fingerprint density at radius 3 is 1.97 bits per heavy atom. The third-order valence-electron chi connectivity index (χ3n) is 5.28. The van der Waals surface area contributed by atoms with Gasteiger partial charge in [-0.05, 0) is 71.6 Å². The Morgan fingerprint density at radius 2 is 1.45 bits per heavy atom. The van der Waals surface area contributed by atoms with E-state index in [4.69, 9.17) is 23.2 Å². The Hall–Kier alpha value is -2.82. The summed E-state index contributed by atoms with van der Waals surface area (Å²) in [6.07, 6.45) is 2.23. The number of phenols is 1. The Kier molecular flexibility index (Phi) is 5.31. The first kappa shape index (κ1) is 19.5. The number of nitrogens with zero attached hydrogens (tertiary/aromatic N) is 1. The molecule has 4 nitrogen and oxygen atoms in total. The minimum Gasteiger partial charge on any atom is -0.508 e. The van der Waals surface area contributed by atoms with Crippen molar-refractivity contribution < 1.29 is 9.90 Å². The molecule has 1 unspecified atom stereocenters. The number of hydrazone groups is 1. The number of carbonyl (C=O) groups excluding carboxylic acids is 1. The summed E-state index contributed by atoms with van der Waals surface area (Å²) in [6, 6.07) is 21.8. The van der Waals surface area contributed by atoms with Gasteiger partial charge in [-0.3, -0.25) is 4.79 Å². The molecule has 29 heavy (non-hydrogen) atoms. The zero-order chi connectivity index (χ0) is 20.4. The van der Waals surface area contributed by atoms with Gasteiger partial charge in [-0.1, -0.05) is 47.5 Å². The highest BCUT2D eigenvalue weighted by Gasteiger charge is 2.60. The van der Waals surface area contributed by atoms with Crippen LogP contribution >= 0.6 is 23.2 Å². The van der Waals surface area contributed by atoms with Crippen molar-refractivity contribution in [3.63, 3.8) is 0 Å². The lowest BCUT2D eigenvalue weighted by Crippen LogP contribution is -2.25. The summed E-state index contributed by atoms with van der Waals surface area (Å²) in [4.78, 5) is 12.8. The number of benzene rings is 3. The lowest BCUT2D eigenvalue weighted by Gasteiger charge is -2.19. The van der Waals surface area contributed by atoms with Gasteiger partial charge in [0.25, 0.3) is 0 Å². The highest BCUT2D eigenvalue weighted by Crippen LogP contribution is 2.59. The van der Waals surface area contributed by atoms with Gasteiger partial charge in [0.05, 0.1) is 12.1 Å². The number of nitrogens with one attached hydrogen (secondary N) is 1. The molecule has 1 aliphatic rings. The molecule has 1 fully saturated rings. The van der Waals surface area contributed by atoms with Crippen LogP contribution in [0.1, 0.15) is 23.1 Å². The number of aromatic hydroxyl groups is 1. The third kappa shape index (κ3) is 4.00. The van der Waals surface area contributed by atoms with Gasteiger partial charge in [0.15, 0.2) is 0 Å². The average molecular weight is 425 g/mol. The van der Waals surface area contributed by atoms with E-state index < -0.39 is 5.41 Å². The smallest absolute Gasteiger partial charge is 0.244 e. The van der Waals surface area contributed by atoms with Crippen LogP contribution in [-0.2, 0) is 10.2 Å². The number of halogens is 2. The molecule has 2 N–H and O–H groups in total. The molecule has 0 saturated heterocycles. The van der Waals surface area contributed by atoms with E-state index in [1.54, 1.807) is 30.5 Å². The summed E-state index contributed by atoms with van der Waals surface area (Å²) < 4.78 is 0. The second-order valence-corrected chi connectivity index (χ2v) is 7.94. The Bertz CT molecular complexity index is 1000. The van der Waals surface area contributed by atoms with E-state index in [9.17, 15) is 9.90 Å². The lowest BCUT2D eigenvalue weighted by molar-refractivity contribution is -0.122. The molecule has 4 rings (SSSR count). The van der Waals surface area contributed by atoms with Crippen LogP contribution in [0.4, 0.5) is 0 Å². The van der Waals surface area contributed by atoms with Crippen LogP contribution in [0.25, 0.3) is 0 Å². The van der Waals surface area contributed by atoms with Gasteiger partial charge in [-0.15, -0.1) is 0 Å². The molecular formula is C23H18Cl2N2O2. The molecule has 1 atom stereocenters. The van der Waals surface area contributed by atoms with Crippen molar-refractivity contribution >= 4 is 35.3 Å². The van der Waals surface area contributed by atoms with Gasteiger partial charge in [0.1, 0.15) is 5.75 Å². The van der Waals surface area contributed by atoms with Crippen LogP contribution in [0.2, 0.25) is 10.0 Å². The minimum absolute atomic E-state index is 0.148. The maximum atomic E-state index is 12.8. The van der Waals surface area contributed by atoms with Crippen molar-refractivity contribution in [3.8, 4) is 5.75 Å². The van der Waals surface area contributed by atoms with Crippen LogP contribution < -0.4 is 5.43 Å². The van der Waals surface area contributed by atoms with E-state index in [0.29, 0.717) is 16.5 Å². The van der Waals surface area contributed by atoms with Crippen molar-refractivity contribution in [1.82, 2.24) is 5.43 Å². The standard InChI is InChI=1S/C23H18Cl2N2O2/c24-18-7-3-16(4-8-18)23(17-5-9-19(25)10-6-17)13-21(23)22(29)27-26-14-15-1-11-20(28)12-2-15/h1-12,14,21,28H,13H2,(H,27,29)/b26-14+. The SMILES string of the molecule is O=C(N/N=C/c1ccc(O)cc1)C1CC1(c1ccc(Cl)cc1)c1ccc(Cl)cc1. The molecule has 0 heterocycles. The third-order valence-corrected chi connectivity index (χ3v) is 5.78. The molecule has 1 aliphatic carbocycles. The van der Waals surface area contributed by atoms with E-state index in [1.807, 2.05) is 48.5 Å². The second-order valence-electron chi connectivity index (χ2n) is 7.07. The van der Waals surface area contributed by atoms with E-state index in [-0.39, 0.29) is 17.6 Å². The van der Waals surface area contributed by atoms with Gasteiger partial charge < -0.3 is 5.11 Å². The fraction of sp³-hybridized carbons (Fsp3) is 0.130. The maximum absolute atomic E-state index is 12.8. The summed E-state index contributed by atoms with van der Waals surface area (Å²) in [7, 11) is 0. The summed E-state index contributed by atoms with van der Waals surface area (Å²) in [6.45, 7) is 0. The van der Waals surface area contributed by atoms with E-state index in [2.05, 4.69) is 10.5 Å². The number of hydrogen-bond donors (Lipinski definition) is 2. The Balaban J connectivity index is 1.56. The average Bonchev–Trinajstić information content (AvgIpc) is 3.47. The van der Waals surface area contributed by atoms with Crippen LogP contribution in [0.5, 0.6) is 5.75 Å². The molecule has 6 heteroatoms. The maximum Gasteiger partial charge on any atom is 0.244 e. The van der Waals surface area contributed by atoms with Gasteiger partial charge in [0, 0.05) is 15.5 Å². The fourth-order valence-corrected chi connectivity index (χ4v) is 3.94. The number of carbonyl (C=O) groups is 1. The van der Waals surface area contributed by atoms with E-state index in [0.717, 1.165) is 16.7 Å². The van der Waals surface area contributed by atoms with Crippen molar-refractivity contribution in [2.24, 2.45) is 11.0 Å². The summed E-state index contributed by atoms with van der Waals surface area (Å²) >= 11 is 12.1. The molecule has 3 aromatic carbocycles. The highest BCUT2D eigenvalue weighted by atomic mass is 35.5. The molecule has 3 aromatic rings. The van der Waals surface area contributed by atoms with Crippen LogP contribution in [-0.4, -0.2) is 17.2 Å². The van der Waals surface area contributed by atoms with Crippen molar-refractivity contribution in [1.29, 1.82) is 0 Å². The van der Waals surface area contributed by atoms with Gasteiger partial charge in [-0.25, -0.2) is 5.43 Å². The van der Waals surface area contributed by atoms with Gasteiger partial charge in [0.2, 0.25) is 5.91 Å². The zero-order valence-corrected chi connectivity index (χ0v) is 16.9. The predicted molar refractivity (Wildman–Crippen MR) is 116 cm³/mol. The molecule has 0 spiro atoms. The summed E-state index contributed by atoms with van der Waals surface area (Å²) in [5.41, 5.74) is 5.06. The quantitative estimate of drug-likeness (QED) is 0.439. The Labute approximate surface area is 178 Å². The normalized spacial score (nSPS) is 17.2. The molecule has 0 aromatic heterocycles. The van der Waals surface area contributed by atoms with E-state index >= 15 is 0 Å². The van der Waals surface area contributed by atoms with Crippen LogP contribution in [0.15, 0.2) is 77.9 Å². The predicted octanol–water partition coefficient (Wildman–Crippen LogP) is 5.16. The monoisotopic (exact) mass is 424 g/mol. The number of phenolic OH excluding ortho intramolecular Hbond substituents is 1.